The van der Waals surface area contributed by atoms with Crippen LogP contribution in [-0.2, 0) is 4.79 Å². The van der Waals surface area contributed by atoms with Gasteiger partial charge in [0, 0.05) is 48.9 Å². The zero-order valence-corrected chi connectivity index (χ0v) is 14.6. The summed E-state index contributed by atoms with van der Waals surface area (Å²) >= 11 is 0. The molecule has 0 fully saturated rings. The van der Waals surface area contributed by atoms with Crippen LogP contribution in [0, 0.1) is 0 Å². The lowest BCUT2D eigenvalue weighted by atomic mass is 10.1. The molecule has 3 aromatic rings. The van der Waals surface area contributed by atoms with E-state index in [0.29, 0.717) is 5.57 Å². The molecule has 1 aliphatic rings. The van der Waals surface area contributed by atoms with Gasteiger partial charge in [-0.05, 0) is 18.2 Å². The first-order chi connectivity index (χ1) is 12.6. The molecule has 0 radical (unpaired) electrons. The summed E-state index contributed by atoms with van der Waals surface area (Å²) in [5.41, 5.74) is 5.33. The summed E-state index contributed by atoms with van der Waals surface area (Å²) in [5, 5.41) is 13.3. The normalized spacial score (nSPS) is 14.2. The highest BCUT2D eigenvalue weighted by Crippen LogP contribution is 2.31. The standard InChI is InChI=1S/C20H19N5O/c1-25(2)14-9-7-13(8-10-14)18-11-19(24-23-18)21-12-16-15-5-3-4-6-17(15)22-20(16)26/h3-12H,1-2H3,(H,22,26)(H2,21,23,24)/b16-12+. The summed E-state index contributed by atoms with van der Waals surface area (Å²) in [7, 11) is 4.02. The molecule has 0 spiro atoms. The van der Waals surface area contributed by atoms with E-state index in [9.17, 15) is 4.79 Å². The molecule has 1 aliphatic heterocycles. The topological polar surface area (TPSA) is 73.1 Å². The molecule has 26 heavy (non-hydrogen) atoms. The van der Waals surface area contributed by atoms with E-state index >= 15 is 0 Å². The number of H-pyrrole nitrogens is 1. The number of anilines is 3. The Morgan fingerprint density at radius 1 is 1.08 bits per heavy atom. The molecule has 1 aromatic heterocycles. The van der Waals surface area contributed by atoms with Crippen LogP contribution >= 0.6 is 0 Å². The number of carbonyl (C=O) groups excluding carboxylic acids is 1. The lowest BCUT2D eigenvalue weighted by Crippen LogP contribution is -2.07. The van der Waals surface area contributed by atoms with E-state index in [1.165, 1.54) is 0 Å². The SMILES string of the molecule is CN(C)c1ccc(-c2cc(N/C=C3/C(=O)Nc4ccccc43)[nH]n2)cc1. The van der Waals surface area contributed by atoms with Crippen LogP contribution < -0.4 is 15.5 Å². The Morgan fingerprint density at radius 3 is 2.62 bits per heavy atom. The van der Waals surface area contributed by atoms with Gasteiger partial charge in [0.15, 0.2) is 0 Å². The van der Waals surface area contributed by atoms with Crippen molar-refractivity contribution < 1.29 is 4.79 Å². The van der Waals surface area contributed by atoms with Gasteiger partial charge in [-0.15, -0.1) is 0 Å². The van der Waals surface area contributed by atoms with Crippen molar-refractivity contribution in [1.82, 2.24) is 10.2 Å². The number of nitrogens with one attached hydrogen (secondary N) is 3. The highest BCUT2D eigenvalue weighted by Gasteiger charge is 2.23. The highest BCUT2D eigenvalue weighted by atomic mass is 16.2. The van der Waals surface area contributed by atoms with E-state index in [-0.39, 0.29) is 5.91 Å². The lowest BCUT2D eigenvalue weighted by Gasteiger charge is -2.11. The number of benzene rings is 2. The van der Waals surface area contributed by atoms with Crippen molar-refractivity contribution in [3.63, 3.8) is 0 Å². The van der Waals surface area contributed by atoms with Crippen molar-refractivity contribution in [1.29, 1.82) is 0 Å². The van der Waals surface area contributed by atoms with E-state index < -0.39 is 0 Å². The molecular formula is C20H19N5O. The van der Waals surface area contributed by atoms with Gasteiger partial charge in [0.1, 0.15) is 5.82 Å². The number of aromatic amines is 1. The Morgan fingerprint density at radius 2 is 1.85 bits per heavy atom. The fraction of sp³-hybridized carbons (Fsp3) is 0.100. The van der Waals surface area contributed by atoms with Gasteiger partial charge < -0.3 is 15.5 Å². The molecule has 2 aromatic carbocycles. The van der Waals surface area contributed by atoms with Crippen molar-refractivity contribution in [2.24, 2.45) is 0 Å². The molecule has 3 N–H and O–H groups in total. The van der Waals surface area contributed by atoms with Gasteiger partial charge in [-0.1, -0.05) is 30.3 Å². The van der Waals surface area contributed by atoms with E-state index in [0.717, 1.165) is 34.0 Å². The number of aromatic nitrogens is 2. The first kappa shape index (κ1) is 16.0. The Kier molecular flexibility index (Phi) is 3.93. The maximum absolute atomic E-state index is 12.1. The molecule has 4 rings (SSSR count). The third kappa shape index (κ3) is 2.93. The number of carbonyl (C=O) groups is 1. The molecule has 0 saturated heterocycles. The minimum atomic E-state index is -0.113. The second kappa shape index (κ2) is 6.40. The second-order valence-electron chi connectivity index (χ2n) is 6.31. The van der Waals surface area contributed by atoms with Gasteiger partial charge in [-0.2, -0.15) is 5.10 Å². The minimum absolute atomic E-state index is 0.113. The molecule has 0 saturated carbocycles. The predicted molar refractivity (Wildman–Crippen MR) is 105 cm³/mol. The van der Waals surface area contributed by atoms with E-state index in [4.69, 9.17) is 0 Å². The summed E-state index contributed by atoms with van der Waals surface area (Å²) in [6.07, 6.45) is 1.70. The molecule has 130 valence electrons. The van der Waals surface area contributed by atoms with Crippen LogP contribution in [0.15, 0.2) is 60.8 Å². The minimum Gasteiger partial charge on any atom is -0.378 e. The Balaban J connectivity index is 1.53. The number of nitrogens with zero attached hydrogens (tertiary/aromatic N) is 2. The zero-order valence-electron chi connectivity index (χ0n) is 14.6. The number of hydrogen-bond acceptors (Lipinski definition) is 4. The van der Waals surface area contributed by atoms with Crippen molar-refractivity contribution in [2.45, 2.75) is 0 Å². The maximum atomic E-state index is 12.1. The van der Waals surface area contributed by atoms with Crippen LogP contribution in [0.5, 0.6) is 0 Å². The van der Waals surface area contributed by atoms with E-state index in [1.54, 1.807) is 6.20 Å². The molecule has 6 heteroatoms. The summed E-state index contributed by atoms with van der Waals surface area (Å²) in [6, 6.07) is 17.7. The third-order valence-corrected chi connectivity index (χ3v) is 4.34. The van der Waals surface area contributed by atoms with Gasteiger partial charge in [0.25, 0.3) is 5.91 Å². The molecule has 0 atom stereocenters. The Bertz CT molecular complexity index is 985. The zero-order chi connectivity index (χ0) is 18.1. The van der Waals surface area contributed by atoms with Gasteiger partial charge in [0.05, 0.1) is 11.3 Å². The molecule has 2 heterocycles. The number of hydrogen-bond donors (Lipinski definition) is 3. The largest absolute Gasteiger partial charge is 0.378 e. The average molecular weight is 345 g/mol. The predicted octanol–water partition coefficient (Wildman–Crippen LogP) is 3.55. The first-order valence-corrected chi connectivity index (χ1v) is 8.32. The molecule has 0 bridgehead atoms. The number of fused-ring (bicyclic) bond motifs is 1. The fourth-order valence-corrected chi connectivity index (χ4v) is 2.91. The van der Waals surface area contributed by atoms with Crippen molar-refractivity contribution >= 4 is 28.7 Å². The summed E-state index contributed by atoms with van der Waals surface area (Å²) in [4.78, 5) is 14.2. The molecule has 1 amide bonds. The Hall–Kier alpha value is -3.54. The third-order valence-electron chi connectivity index (χ3n) is 4.34. The average Bonchev–Trinajstić information content (AvgIpc) is 3.24. The first-order valence-electron chi connectivity index (χ1n) is 8.32. The van der Waals surface area contributed by atoms with Gasteiger partial charge >= 0.3 is 0 Å². The van der Waals surface area contributed by atoms with Crippen LogP contribution in [0.25, 0.3) is 16.8 Å². The fourth-order valence-electron chi connectivity index (χ4n) is 2.91. The van der Waals surface area contributed by atoms with Crippen molar-refractivity contribution in [3.05, 3.63) is 66.4 Å². The van der Waals surface area contributed by atoms with Crippen LogP contribution in [0.1, 0.15) is 5.56 Å². The Labute approximate surface area is 151 Å². The quantitative estimate of drug-likeness (QED) is 0.632. The van der Waals surface area contributed by atoms with Gasteiger partial charge in [0.2, 0.25) is 0 Å². The van der Waals surface area contributed by atoms with E-state index in [1.807, 2.05) is 56.6 Å². The molecule has 6 nitrogen and oxygen atoms in total. The monoisotopic (exact) mass is 345 g/mol. The number of para-hydroxylation sites is 1. The van der Waals surface area contributed by atoms with E-state index in [2.05, 4.69) is 37.9 Å². The molecule has 0 aliphatic carbocycles. The van der Waals surface area contributed by atoms with Crippen LogP contribution in [-0.4, -0.2) is 30.2 Å². The van der Waals surface area contributed by atoms with Crippen molar-refractivity contribution in [2.75, 3.05) is 29.6 Å². The van der Waals surface area contributed by atoms with Crippen LogP contribution in [0.4, 0.5) is 17.2 Å². The number of rotatable bonds is 4. The molecule has 0 unspecified atom stereocenters. The lowest BCUT2D eigenvalue weighted by molar-refractivity contribution is -0.110. The van der Waals surface area contributed by atoms with Crippen LogP contribution in [0.3, 0.4) is 0 Å². The smallest absolute Gasteiger partial charge is 0.257 e. The van der Waals surface area contributed by atoms with Crippen molar-refractivity contribution in [3.8, 4) is 11.3 Å². The van der Waals surface area contributed by atoms with Gasteiger partial charge in [-0.25, -0.2) is 0 Å². The van der Waals surface area contributed by atoms with Gasteiger partial charge in [-0.3, -0.25) is 9.89 Å². The second-order valence-corrected chi connectivity index (χ2v) is 6.31. The molecular weight excluding hydrogens is 326 g/mol. The van der Waals surface area contributed by atoms with Crippen LogP contribution in [0.2, 0.25) is 0 Å². The maximum Gasteiger partial charge on any atom is 0.257 e. The highest BCUT2D eigenvalue weighted by molar-refractivity contribution is 6.31. The summed E-state index contributed by atoms with van der Waals surface area (Å²) < 4.78 is 0. The number of amides is 1. The summed E-state index contributed by atoms with van der Waals surface area (Å²) in [6.45, 7) is 0. The summed E-state index contributed by atoms with van der Waals surface area (Å²) in [5.74, 6) is 0.610.